The Hall–Kier alpha value is -1.39. The Balaban J connectivity index is 1.71. The number of carbonyl (C=O) groups is 1. The Kier molecular flexibility index (Phi) is 3.53. The maximum Gasteiger partial charge on any atom is 0.241 e. The van der Waals surface area contributed by atoms with E-state index >= 15 is 0 Å². The zero-order valence-electron chi connectivity index (χ0n) is 11.2. The Morgan fingerprint density at radius 1 is 1.32 bits per heavy atom. The smallest absolute Gasteiger partial charge is 0.241 e. The molecule has 1 amide bonds. The molecule has 2 aliphatic rings. The van der Waals surface area contributed by atoms with E-state index in [0.717, 1.165) is 44.6 Å². The third-order valence-corrected chi connectivity index (χ3v) is 4.08. The number of benzene rings is 1. The topological polar surface area (TPSA) is 49.6 Å². The number of hydrogen-bond acceptors (Lipinski definition) is 3. The molecule has 1 fully saturated rings. The average molecular weight is 259 g/mol. The molecule has 1 saturated heterocycles. The molecule has 2 heterocycles. The monoisotopic (exact) mass is 259 g/mol. The molecular formula is C15H21N3O. The molecule has 2 aliphatic heterocycles. The summed E-state index contributed by atoms with van der Waals surface area (Å²) in [5.41, 5.74) is 8.28. The van der Waals surface area contributed by atoms with Crippen LogP contribution in [0.15, 0.2) is 24.3 Å². The van der Waals surface area contributed by atoms with Gasteiger partial charge in [-0.25, -0.2) is 0 Å². The van der Waals surface area contributed by atoms with Crippen LogP contribution >= 0.6 is 0 Å². The van der Waals surface area contributed by atoms with E-state index in [4.69, 9.17) is 5.73 Å². The van der Waals surface area contributed by atoms with Gasteiger partial charge in [0.15, 0.2) is 0 Å². The number of rotatable bonds is 2. The molecule has 1 aromatic carbocycles. The molecule has 0 saturated carbocycles. The van der Waals surface area contributed by atoms with Crippen molar-refractivity contribution in [3.63, 3.8) is 0 Å². The molecule has 19 heavy (non-hydrogen) atoms. The highest BCUT2D eigenvalue weighted by Crippen LogP contribution is 2.26. The number of nitrogens with two attached hydrogens (primary N) is 1. The molecular weight excluding hydrogens is 238 g/mol. The van der Waals surface area contributed by atoms with Crippen LogP contribution in [-0.2, 0) is 11.2 Å². The lowest BCUT2D eigenvalue weighted by Gasteiger charge is -2.30. The van der Waals surface area contributed by atoms with Crippen molar-refractivity contribution < 1.29 is 4.79 Å². The molecule has 4 nitrogen and oxygen atoms in total. The first-order chi connectivity index (χ1) is 9.24. The highest BCUT2D eigenvalue weighted by molar-refractivity contribution is 5.95. The van der Waals surface area contributed by atoms with E-state index in [2.05, 4.69) is 17.0 Å². The van der Waals surface area contributed by atoms with E-state index in [1.807, 2.05) is 17.0 Å². The van der Waals surface area contributed by atoms with Gasteiger partial charge in [-0.05, 0) is 30.9 Å². The van der Waals surface area contributed by atoms with Crippen molar-refractivity contribution in [2.75, 3.05) is 31.1 Å². The molecule has 0 aliphatic carbocycles. The van der Waals surface area contributed by atoms with Crippen molar-refractivity contribution in [3.05, 3.63) is 29.8 Å². The van der Waals surface area contributed by atoms with Gasteiger partial charge in [0.25, 0.3) is 0 Å². The standard InChI is InChI=1S/C15H21N3O/c16-13-7-9-17(10-13)11-15(19)18-8-3-5-12-4-1-2-6-14(12)18/h1-2,4,6,13H,3,5,7-11,16H2. The second-order valence-corrected chi connectivity index (χ2v) is 5.56. The molecule has 2 N–H and O–H groups in total. The summed E-state index contributed by atoms with van der Waals surface area (Å²) in [5.74, 6) is 0.209. The maximum atomic E-state index is 12.5. The van der Waals surface area contributed by atoms with Crippen LogP contribution in [0.1, 0.15) is 18.4 Å². The normalized spacial score (nSPS) is 23.4. The van der Waals surface area contributed by atoms with E-state index in [-0.39, 0.29) is 11.9 Å². The first kappa shape index (κ1) is 12.6. The number of para-hydroxylation sites is 1. The van der Waals surface area contributed by atoms with Crippen LogP contribution < -0.4 is 10.6 Å². The number of amides is 1. The molecule has 3 rings (SSSR count). The Labute approximate surface area is 114 Å². The van der Waals surface area contributed by atoms with Gasteiger partial charge in [0, 0.05) is 31.4 Å². The van der Waals surface area contributed by atoms with E-state index in [0.29, 0.717) is 6.54 Å². The zero-order chi connectivity index (χ0) is 13.2. The third kappa shape index (κ3) is 2.65. The molecule has 1 unspecified atom stereocenters. The lowest BCUT2D eigenvalue weighted by Crippen LogP contribution is -2.42. The van der Waals surface area contributed by atoms with Gasteiger partial charge in [0.05, 0.1) is 6.54 Å². The summed E-state index contributed by atoms with van der Waals surface area (Å²) in [6.45, 7) is 3.14. The molecule has 1 aromatic rings. The minimum atomic E-state index is 0.209. The first-order valence-electron chi connectivity index (χ1n) is 7.10. The summed E-state index contributed by atoms with van der Waals surface area (Å²) in [7, 11) is 0. The van der Waals surface area contributed by atoms with E-state index in [9.17, 15) is 4.79 Å². The number of fused-ring (bicyclic) bond motifs is 1. The van der Waals surface area contributed by atoms with Gasteiger partial charge in [0.2, 0.25) is 5.91 Å². The van der Waals surface area contributed by atoms with Crippen LogP contribution in [0.2, 0.25) is 0 Å². The van der Waals surface area contributed by atoms with Crippen LogP contribution in [-0.4, -0.2) is 43.0 Å². The molecule has 102 valence electrons. The largest absolute Gasteiger partial charge is 0.326 e. The van der Waals surface area contributed by atoms with Gasteiger partial charge in [-0.1, -0.05) is 18.2 Å². The molecule has 0 radical (unpaired) electrons. The summed E-state index contributed by atoms with van der Waals surface area (Å²) < 4.78 is 0. The third-order valence-electron chi connectivity index (χ3n) is 4.08. The Morgan fingerprint density at radius 3 is 2.95 bits per heavy atom. The van der Waals surface area contributed by atoms with Crippen molar-refractivity contribution in [3.8, 4) is 0 Å². The van der Waals surface area contributed by atoms with Gasteiger partial charge in [0.1, 0.15) is 0 Å². The number of carbonyl (C=O) groups excluding carboxylic acids is 1. The molecule has 4 heteroatoms. The Morgan fingerprint density at radius 2 is 2.16 bits per heavy atom. The van der Waals surface area contributed by atoms with Gasteiger partial charge in [-0.2, -0.15) is 0 Å². The summed E-state index contributed by atoms with van der Waals surface area (Å²) in [6, 6.07) is 8.48. The highest BCUT2D eigenvalue weighted by atomic mass is 16.2. The van der Waals surface area contributed by atoms with Crippen LogP contribution in [0.5, 0.6) is 0 Å². The number of hydrogen-bond donors (Lipinski definition) is 1. The molecule has 0 spiro atoms. The fourth-order valence-corrected chi connectivity index (χ4v) is 3.08. The lowest BCUT2D eigenvalue weighted by molar-refractivity contribution is -0.119. The number of nitrogens with zero attached hydrogens (tertiary/aromatic N) is 2. The SMILES string of the molecule is NC1CCN(CC(=O)N2CCCc3ccccc32)C1. The van der Waals surface area contributed by atoms with Crippen LogP contribution in [0.25, 0.3) is 0 Å². The van der Waals surface area contributed by atoms with E-state index in [1.54, 1.807) is 0 Å². The van der Waals surface area contributed by atoms with Crippen LogP contribution in [0.4, 0.5) is 5.69 Å². The minimum absolute atomic E-state index is 0.209. The van der Waals surface area contributed by atoms with Crippen molar-refractivity contribution in [2.45, 2.75) is 25.3 Å². The second-order valence-electron chi connectivity index (χ2n) is 5.56. The fraction of sp³-hybridized carbons (Fsp3) is 0.533. The lowest BCUT2D eigenvalue weighted by atomic mass is 10.0. The van der Waals surface area contributed by atoms with Gasteiger partial charge in [-0.3, -0.25) is 9.69 Å². The first-order valence-corrected chi connectivity index (χ1v) is 7.10. The molecule has 0 bridgehead atoms. The maximum absolute atomic E-state index is 12.5. The van der Waals surface area contributed by atoms with Gasteiger partial charge < -0.3 is 10.6 Å². The summed E-state index contributed by atoms with van der Waals surface area (Å²) >= 11 is 0. The van der Waals surface area contributed by atoms with Crippen molar-refractivity contribution >= 4 is 11.6 Å². The highest BCUT2D eigenvalue weighted by Gasteiger charge is 2.26. The second kappa shape index (κ2) is 5.31. The van der Waals surface area contributed by atoms with Crippen molar-refractivity contribution in [1.82, 2.24) is 4.90 Å². The van der Waals surface area contributed by atoms with Gasteiger partial charge >= 0.3 is 0 Å². The van der Waals surface area contributed by atoms with Crippen LogP contribution in [0.3, 0.4) is 0 Å². The summed E-state index contributed by atoms with van der Waals surface area (Å²) in [4.78, 5) is 16.6. The number of anilines is 1. The average Bonchev–Trinajstić information content (AvgIpc) is 2.83. The van der Waals surface area contributed by atoms with E-state index in [1.165, 1.54) is 5.56 Å². The summed E-state index contributed by atoms with van der Waals surface area (Å²) in [6.07, 6.45) is 3.14. The zero-order valence-corrected chi connectivity index (χ0v) is 11.2. The molecule has 1 atom stereocenters. The number of aryl methyl sites for hydroxylation is 1. The minimum Gasteiger partial charge on any atom is -0.326 e. The van der Waals surface area contributed by atoms with Crippen molar-refractivity contribution in [1.29, 1.82) is 0 Å². The summed E-state index contributed by atoms with van der Waals surface area (Å²) in [5, 5.41) is 0. The quantitative estimate of drug-likeness (QED) is 0.862. The molecule has 0 aromatic heterocycles. The van der Waals surface area contributed by atoms with Crippen LogP contribution in [0, 0.1) is 0 Å². The fourth-order valence-electron chi connectivity index (χ4n) is 3.08. The van der Waals surface area contributed by atoms with E-state index < -0.39 is 0 Å². The van der Waals surface area contributed by atoms with Crippen molar-refractivity contribution in [2.24, 2.45) is 5.73 Å². The van der Waals surface area contributed by atoms with Gasteiger partial charge in [-0.15, -0.1) is 0 Å². The number of likely N-dealkylation sites (tertiary alicyclic amines) is 1. The predicted molar refractivity (Wildman–Crippen MR) is 76.1 cm³/mol. The predicted octanol–water partition coefficient (Wildman–Crippen LogP) is 0.999. The Bertz CT molecular complexity index is 474.